The van der Waals surface area contributed by atoms with Gasteiger partial charge in [0.15, 0.2) is 5.82 Å². The smallest absolute Gasteiger partial charge is 0.416 e. The highest BCUT2D eigenvalue weighted by atomic mass is 79.9. The Bertz CT molecular complexity index is 1900. The third-order valence-corrected chi connectivity index (χ3v) is 7.28. The first-order valence-electron chi connectivity index (χ1n) is 12.2. The number of fused-ring (bicyclic) bond motifs is 1. The van der Waals surface area contributed by atoms with Crippen LogP contribution in [0.1, 0.15) is 27.0 Å². The molecule has 5 rings (SSSR count). The van der Waals surface area contributed by atoms with E-state index in [2.05, 4.69) is 41.9 Å². The molecule has 42 heavy (non-hydrogen) atoms. The lowest BCUT2D eigenvalue weighted by molar-refractivity contribution is -0.137. The lowest BCUT2D eigenvalue weighted by atomic mass is 10.1. The maximum atomic E-state index is 13.4. The minimum absolute atomic E-state index is 0.0530. The SMILES string of the molecule is O=C(O)c1cccc(COc2c(Br)cc(C=Nn3c(-c4cccc(C(F)(F)F)c4)nc4ccccc4c3=O)cc2Br)c1. The van der Waals surface area contributed by atoms with Crippen molar-refractivity contribution in [3.05, 3.63) is 126 Å². The van der Waals surface area contributed by atoms with Crippen molar-refractivity contribution in [2.75, 3.05) is 0 Å². The molecule has 1 heterocycles. The predicted molar refractivity (Wildman–Crippen MR) is 159 cm³/mol. The lowest BCUT2D eigenvalue weighted by Gasteiger charge is -2.13. The second-order valence-corrected chi connectivity index (χ2v) is 10.7. The van der Waals surface area contributed by atoms with Gasteiger partial charge >= 0.3 is 12.1 Å². The van der Waals surface area contributed by atoms with Crippen LogP contribution in [0.25, 0.3) is 22.3 Å². The Labute approximate surface area is 253 Å². The average molecular weight is 701 g/mol. The van der Waals surface area contributed by atoms with Crippen LogP contribution in [0.15, 0.2) is 104 Å². The van der Waals surface area contributed by atoms with Gasteiger partial charge in [-0.05, 0) is 91.5 Å². The van der Waals surface area contributed by atoms with Gasteiger partial charge in [-0.1, -0.05) is 36.4 Å². The van der Waals surface area contributed by atoms with Crippen LogP contribution < -0.4 is 10.3 Å². The number of halogens is 5. The molecular weight excluding hydrogens is 683 g/mol. The Morgan fingerprint density at radius 2 is 1.69 bits per heavy atom. The van der Waals surface area contributed by atoms with Gasteiger partial charge in [0.2, 0.25) is 0 Å². The van der Waals surface area contributed by atoms with E-state index in [1.165, 1.54) is 30.5 Å². The number of hydrogen-bond acceptors (Lipinski definition) is 5. The predicted octanol–water partition coefficient (Wildman–Crippen LogP) is 7.77. The van der Waals surface area contributed by atoms with Crippen LogP contribution in [0.5, 0.6) is 5.75 Å². The maximum Gasteiger partial charge on any atom is 0.416 e. The van der Waals surface area contributed by atoms with Crippen molar-refractivity contribution in [2.24, 2.45) is 5.10 Å². The Morgan fingerprint density at radius 1 is 0.976 bits per heavy atom. The van der Waals surface area contributed by atoms with Gasteiger partial charge in [-0.2, -0.15) is 22.9 Å². The van der Waals surface area contributed by atoms with Gasteiger partial charge in [0.05, 0.1) is 37.2 Å². The minimum atomic E-state index is -4.58. The molecule has 0 bridgehead atoms. The van der Waals surface area contributed by atoms with E-state index in [1.54, 1.807) is 48.5 Å². The number of benzene rings is 4. The van der Waals surface area contributed by atoms with Crippen LogP contribution in [-0.2, 0) is 12.8 Å². The number of carboxylic acid groups (broad SMARTS) is 1. The number of aromatic carboxylic acids is 1. The fourth-order valence-corrected chi connectivity index (χ4v) is 5.57. The normalized spacial score (nSPS) is 11.7. The third kappa shape index (κ3) is 6.29. The first-order valence-corrected chi connectivity index (χ1v) is 13.8. The summed E-state index contributed by atoms with van der Waals surface area (Å²) in [6.45, 7) is 0.101. The Hall–Kier alpha value is -4.29. The van der Waals surface area contributed by atoms with Crippen molar-refractivity contribution in [3.63, 3.8) is 0 Å². The van der Waals surface area contributed by atoms with Crippen molar-refractivity contribution in [3.8, 4) is 17.1 Å². The quantitative estimate of drug-likeness (QED) is 0.175. The molecule has 0 fully saturated rings. The molecule has 0 unspecified atom stereocenters. The number of aromatic nitrogens is 2. The zero-order chi connectivity index (χ0) is 30.0. The molecule has 0 radical (unpaired) electrons. The zero-order valence-electron chi connectivity index (χ0n) is 21.3. The van der Waals surface area contributed by atoms with Gasteiger partial charge in [0.25, 0.3) is 5.56 Å². The second kappa shape index (κ2) is 11.9. The molecule has 7 nitrogen and oxygen atoms in total. The number of ether oxygens (including phenoxy) is 1. The zero-order valence-corrected chi connectivity index (χ0v) is 24.4. The van der Waals surface area contributed by atoms with E-state index in [1.807, 2.05) is 0 Å². The Balaban J connectivity index is 1.50. The van der Waals surface area contributed by atoms with E-state index in [9.17, 15) is 27.9 Å². The van der Waals surface area contributed by atoms with Crippen LogP contribution in [0.4, 0.5) is 13.2 Å². The number of carbonyl (C=O) groups is 1. The van der Waals surface area contributed by atoms with E-state index < -0.39 is 23.3 Å². The fraction of sp³-hybridized carbons (Fsp3) is 0.0667. The highest BCUT2D eigenvalue weighted by Gasteiger charge is 2.31. The van der Waals surface area contributed by atoms with Crippen LogP contribution >= 0.6 is 31.9 Å². The first kappa shape index (κ1) is 29.2. The molecular formula is C30H18Br2F3N3O4. The van der Waals surface area contributed by atoms with Gasteiger partial charge in [-0.25, -0.2) is 9.78 Å². The number of alkyl halides is 3. The van der Waals surface area contributed by atoms with Crippen molar-refractivity contribution < 1.29 is 27.8 Å². The summed E-state index contributed by atoms with van der Waals surface area (Å²) in [5.41, 5.74) is 0.296. The summed E-state index contributed by atoms with van der Waals surface area (Å²) in [7, 11) is 0. The van der Waals surface area contributed by atoms with Gasteiger partial charge in [0, 0.05) is 5.56 Å². The number of hydrogen-bond donors (Lipinski definition) is 1. The monoisotopic (exact) mass is 699 g/mol. The van der Waals surface area contributed by atoms with Gasteiger partial charge in [-0.3, -0.25) is 4.79 Å². The molecule has 1 aromatic heterocycles. The number of carboxylic acids is 1. The molecule has 0 saturated heterocycles. The maximum absolute atomic E-state index is 13.4. The number of rotatable bonds is 7. The summed E-state index contributed by atoms with van der Waals surface area (Å²) in [4.78, 5) is 29.1. The standard InChI is InChI=1S/C30H18Br2F3N3O4/c31-23-12-18(13-24(32)26(23)42-16-17-5-3-7-20(11-17)29(40)41)15-36-38-27(19-6-4-8-21(14-19)30(33,34)35)37-25-10-2-1-9-22(25)28(38)39/h1-15H,16H2,(H,40,41). The van der Waals surface area contributed by atoms with Crippen molar-refractivity contribution >= 4 is 54.9 Å². The fourth-order valence-electron chi connectivity index (χ4n) is 4.12. The molecule has 0 spiro atoms. The average Bonchev–Trinajstić information content (AvgIpc) is 2.96. The summed E-state index contributed by atoms with van der Waals surface area (Å²) in [6, 6.07) is 20.8. The first-order chi connectivity index (χ1) is 20.0. The van der Waals surface area contributed by atoms with E-state index in [-0.39, 0.29) is 28.9 Å². The molecule has 0 aliphatic heterocycles. The highest BCUT2D eigenvalue weighted by Crippen LogP contribution is 2.35. The Morgan fingerprint density at radius 3 is 2.40 bits per heavy atom. The van der Waals surface area contributed by atoms with Crippen LogP contribution in [0.2, 0.25) is 0 Å². The van der Waals surface area contributed by atoms with E-state index >= 15 is 0 Å². The summed E-state index contributed by atoms with van der Waals surface area (Å²) in [5.74, 6) is -0.649. The molecule has 0 saturated carbocycles. The molecule has 212 valence electrons. The summed E-state index contributed by atoms with van der Waals surface area (Å²) in [5, 5.41) is 13.8. The minimum Gasteiger partial charge on any atom is -0.487 e. The molecule has 0 aliphatic carbocycles. The molecule has 5 aromatic rings. The van der Waals surface area contributed by atoms with Crippen LogP contribution in [0.3, 0.4) is 0 Å². The van der Waals surface area contributed by atoms with E-state index in [0.29, 0.717) is 31.3 Å². The third-order valence-electron chi connectivity index (χ3n) is 6.10. The van der Waals surface area contributed by atoms with E-state index in [0.717, 1.165) is 16.8 Å². The topological polar surface area (TPSA) is 93.8 Å². The van der Waals surface area contributed by atoms with Gasteiger partial charge in [-0.15, -0.1) is 0 Å². The summed E-state index contributed by atoms with van der Waals surface area (Å²) in [6.07, 6.45) is -3.20. The second-order valence-electron chi connectivity index (χ2n) is 9.00. The van der Waals surface area contributed by atoms with Gasteiger partial charge < -0.3 is 9.84 Å². The van der Waals surface area contributed by atoms with Crippen LogP contribution in [-0.4, -0.2) is 27.0 Å². The molecule has 0 amide bonds. The van der Waals surface area contributed by atoms with Gasteiger partial charge in [0.1, 0.15) is 12.4 Å². The van der Waals surface area contributed by atoms with Crippen molar-refractivity contribution in [2.45, 2.75) is 12.8 Å². The highest BCUT2D eigenvalue weighted by molar-refractivity contribution is 9.11. The van der Waals surface area contributed by atoms with Crippen molar-refractivity contribution in [1.82, 2.24) is 9.66 Å². The Kier molecular flexibility index (Phi) is 8.28. The molecule has 0 atom stereocenters. The molecule has 1 N–H and O–H groups in total. The van der Waals surface area contributed by atoms with E-state index in [4.69, 9.17) is 4.74 Å². The summed E-state index contributed by atoms with van der Waals surface area (Å²) >= 11 is 6.92. The molecule has 12 heteroatoms. The number of para-hydroxylation sites is 1. The number of nitrogens with zero attached hydrogens (tertiary/aromatic N) is 3. The lowest BCUT2D eigenvalue weighted by Crippen LogP contribution is -2.20. The summed E-state index contributed by atoms with van der Waals surface area (Å²) < 4.78 is 48.2. The molecule has 4 aromatic carbocycles. The molecule has 0 aliphatic rings. The largest absolute Gasteiger partial charge is 0.487 e. The van der Waals surface area contributed by atoms with Crippen LogP contribution in [0, 0.1) is 0 Å². The van der Waals surface area contributed by atoms with Crippen molar-refractivity contribution in [1.29, 1.82) is 0 Å².